The molecule has 1 N–H and O–H groups in total. The lowest BCUT2D eigenvalue weighted by atomic mass is 10.1. The summed E-state index contributed by atoms with van der Waals surface area (Å²) in [7, 11) is 0. The van der Waals surface area contributed by atoms with E-state index in [0.29, 0.717) is 6.04 Å². The zero-order valence-electron chi connectivity index (χ0n) is 7.86. The van der Waals surface area contributed by atoms with Crippen molar-refractivity contribution in [3.05, 3.63) is 11.1 Å². The summed E-state index contributed by atoms with van der Waals surface area (Å²) in [5.41, 5.74) is 0. The van der Waals surface area contributed by atoms with Crippen LogP contribution in [0.15, 0.2) is 6.33 Å². The Kier molecular flexibility index (Phi) is 2.49. The SMILES string of the molecule is CCC(CC1CC1)n1cn[nH]c1=S. The average molecular weight is 197 g/mol. The molecule has 1 aliphatic carbocycles. The third-order valence-electron chi connectivity index (χ3n) is 2.74. The predicted molar refractivity (Wildman–Crippen MR) is 54.1 cm³/mol. The van der Waals surface area contributed by atoms with Crippen LogP contribution in [0.5, 0.6) is 0 Å². The number of hydrogen-bond donors (Lipinski definition) is 1. The molecule has 0 bridgehead atoms. The van der Waals surface area contributed by atoms with Gasteiger partial charge in [0.05, 0.1) is 0 Å². The molecule has 3 nitrogen and oxygen atoms in total. The van der Waals surface area contributed by atoms with Crippen molar-refractivity contribution >= 4 is 12.2 Å². The van der Waals surface area contributed by atoms with Gasteiger partial charge in [-0.25, -0.2) is 0 Å². The highest BCUT2D eigenvalue weighted by molar-refractivity contribution is 7.71. The zero-order valence-corrected chi connectivity index (χ0v) is 8.68. The maximum atomic E-state index is 5.15. The molecule has 0 amide bonds. The fourth-order valence-corrected chi connectivity index (χ4v) is 1.98. The van der Waals surface area contributed by atoms with Crippen LogP contribution < -0.4 is 0 Å². The first-order valence-corrected chi connectivity index (χ1v) is 5.33. The Morgan fingerprint density at radius 2 is 2.54 bits per heavy atom. The molecule has 13 heavy (non-hydrogen) atoms. The summed E-state index contributed by atoms with van der Waals surface area (Å²) < 4.78 is 2.85. The van der Waals surface area contributed by atoms with Gasteiger partial charge in [-0.2, -0.15) is 5.10 Å². The van der Waals surface area contributed by atoms with Crippen molar-refractivity contribution in [2.24, 2.45) is 5.92 Å². The van der Waals surface area contributed by atoms with Crippen LogP contribution in [0.3, 0.4) is 0 Å². The van der Waals surface area contributed by atoms with Crippen LogP contribution in [0.25, 0.3) is 0 Å². The predicted octanol–water partition coefficient (Wildman–Crippen LogP) is 2.69. The summed E-state index contributed by atoms with van der Waals surface area (Å²) in [6, 6.07) is 0.554. The molecule has 1 unspecified atom stereocenters. The molecule has 1 fully saturated rings. The minimum Gasteiger partial charge on any atom is -0.304 e. The third-order valence-corrected chi connectivity index (χ3v) is 3.05. The van der Waals surface area contributed by atoms with Crippen LogP contribution >= 0.6 is 12.2 Å². The highest BCUT2D eigenvalue weighted by atomic mass is 32.1. The Labute approximate surface area is 83.2 Å². The van der Waals surface area contributed by atoms with Gasteiger partial charge in [0.15, 0.2) is 4.77 Å². The molecular formula is C9H15N3S. The minimum absolute atomic E-state index is 0.554. The van der Waals surface area contributed by atoms with E-state index in [2.05, 4.69) is 21.7 Å². The van der Waals surface area contributed by atoms with Gasteiger partial charge in [-0.05, 0) is 31.0 Å². The van der Waals surface area contributed by atoms with Gasteiger partial charge in [0.1, 0.15) is 6.33 Å². The lowest BCUT2D eigenvalue weighted by Crippen LogP contribution is -2.07. The second-order valence-electron chi connectivity index (χ2n) is 3.81. The summed E-state index contributed by atoms with van der Waals surface area (Å²) in [5, 5.41) is 6.76. The van der Waals surface area contributed by atoms with E-state index in [1.807, 2.05) is 6.33 Å². The molecule has 0 radical (unpaired) electrons. The summed E-state index contributed by atoms with van der Waals surface area (Å²) in [4.78, 5) is 0. The molecule has 0 saturated heterocycles. The Bertz CT molecular complexity index is 324. The Morgan fingerprint density at radius 3 is 3.00 bits per heavy atom. The molecule has 0 aliphatic heterocycles. The van der Waals surface area contributed by atoms with Crippen LogP contribution in [0, 0.1) is 10.7 Å². The molecule has 72 valence electrons. The highest BCUT2D eigenvalue weighted by Gasteiger charge is 2.25. The van der Waals surface area contributed by atoms with E-state index < -0.39 is 0 Å². The van der Waals surface area contributed by atoms with Gasteiger partial charge in [-0.15, -0.1) is 0 Å². The largest absolute Gasteiger partial charge is 0.304 e. The summed E-state index contributed by atoms with van der Waals surface area (Å²) in [6.45, 7) is 2.21. The fourth-order valence-electron chi connectivity index (χ4n) is 1.73. The first-order valence-electron chi connectivity index (χ1n) is 4.92. The van der Waals surface area contributed by atoms with Crippen molar-refractivity contribution in [3.63, 3.8) is 0 Å². The number of hydrogen-bond acceptors (Lipinski definition) is 2. The minimum atomic E-state index is 0.554. The van der Waals surface area contributed by atoms with Crippen LogP contribution in [0.2, 0.25) is 0 Å². The molecule has 1 aromatic heterocycles. The highest BCUT2D eigenvalue weighted by Crippen LogP contribution is 2.37. The maximum absolute atomic E-state index is 5.15. The first kappa shape index (κ1) is 8.94. The average Bonchev–Trinajstić information content (AvgIpc) is 2.85. The molecule has 0 spiro atoms. The topological polar surface area (TPSA) is 33.6 Å². The number of aromatic nitrogens is 3. The molecule has 1 saturated carbocycles. The zero-order chi connectivity index (χ0) is 9.26. The number of aromatic amines is 1. The maximum Gasteiger partial charge on any atom is 0.195 e. The van der Waals surface area contributed by atoms with Gasteiger partial charge >= 0.3 is 0 Å². The molecule has 1 aliphatic rings. The Balaban J connectivity index is 2.10. The smallest absolute Gasteiger partial charge is 0.195 e. The Hall–Kier alpha value is -0.640. The van der Waals surface area contributed by atoms with E-state index in [4.69, 9.17) is 12.2 Å². The van der Waals surface area contributed by atoms with E-state index in [9.17, 15) is 0 Å². The second kappa shape index (κ2) is 3.62. The number of H-pyrrole nitrogens is 1. The fraction of sp³-hybridized carbons (Fsp3) is 0.778. The summed E-state index contributed by atoms with van der Waals surface area (Å²) in [6.07, 6.45) is 7.04. The Morgan fingerprint density at radius 1 is 1.77 bits per heavy atom. The second-order valence-corrected chi connectivity index (χ2v) is 4.20. The van der Waals surface area contributed by atoms with E-state index in [0.717, 1.165) is 17.1 Å². The van der Waals surface area contributed by atoms with Crippen molar-refractivity contribution in [1.82, 2.24) is 14.8 Å². The van der Waals surface area contributed by atoms with Gasteiger partial charge in [0, 0.05) is 6.04 Å². The number of nitrogens with one attached hydrogen (secondary N) is 1. The van der Waals surface area contributed by atoms with Crippen LogP contribution in [-0.4, -0.2) is 14.8 Å². The molecule has 1 atom stereocenters. The molecule has 1 aromatic rings. The number of rotatable bonds is 4. The van der Waals surface area contributed by atoms with Crippen molar-refractivity contribution in [1.29, 1.82) is 0 Å². The van der Waals surface area contributed by atoms with Crippen molar-refractivity contribution < 1.29 is 0 Å². The quantitative estimate of drug-likeness (QED) is 0.753. The van der Waals surface area contributed by atoms with Gasteiger partial charge in [0.2, 0.25) is 0 Å². The van der Waals surface area contributed by atoms with E-state index >= 15 is 0 Å². The molecule has 2 rings (SSSR count). The lowest BCUT2D eigenvalue weighted by Gasteiger charge is -2.14. The monoisotopic (exact) mass is 197 g/mol. The summed E-state index contributed by atoms with van der Waals surface area (Å²) in [5.74, 6) is 0.946. The first-order chi connectivity index (χ1) is 6.31. The van der Waals surface area contributed by atoms with Crippen LogP contribution in [-0.2, 0) is 0 Å². The van der Waals surface area contributed by atoms with Crippen LogP contribution in [0.4, 0.5) is 0 Å². The lowest BCUT2D eigenvalue weighted by molar-refractivity contribution is 0.423. The normalized spacial score (nSPS) is 18.8. The van der Waals surface area contributed by atoms with Gasteiger partial charge < -0.3 is 4.57 Å². The van der Waals surface area contributed by atoms with E-state index in [1.54, 1.807) is 0 Å². The van der Waals surface area contributed by atoms with Gasteiger partial charge in [-0.3, -0.25) is 5.10 Å². The van der Waals surface area contributed by atoms with Crippen molar-refractivity contribution in [2.75, 3.05) is 0 Å². The van der Waals surface area contributed by atoms with Crippen LogP contribution in [0.1, 0.15) is 38.6 Å². The summed E-state index contributed by atoms with van der Waals surface area (Å²) >= 11 is 5.15. The van der Waals surface area contributed by atoms with E-state index in [1.165, 1.54) is 19.3 Å². The van der Waals surface area contributed by atoms with Gasteiger partial charge in [-0.1, -0.05) is 19.8 Å². The van der Waals surface area contributed by atoms with Gasteiger partial charge in [0.25, 0.3) is 0 Å². The van der Waals surface area contributed by atoms with Crippen molar-refractivity contribution in [3.8, 4) is 0 Å². The molecule has 1 heterocycles. The standard InChI is InChI=1S/C9H15N3S/c1-2-8(5-7-3-4-7)12-6-10-11-9(12)13/h6-8H,2-5H2,1H3,(H,11,13). The molecular weight excluding hydrogens is 182 g/mol. The molecule has 4 heteroatoms. The number of nitrogens with zero attached hydrogens (tertiary/aromatic N) is 2. The van der Waals surface area contributed by atoms with E-state index in [-0.39, 0.29) is 0 Å². The van der Waals surface area contributed by atoms with Crippen molar-refractivity contribution in [2.45, 2.75) is 38.6 Å². The third kappa shape index (κ3) is 1.99. The molecule has 0 aromatic carbocycles.